The predicted octanol–water partition coefficient (Wildman–Crippen LogP) is 4.75. The number of nitrogens with one attached hydrogen (secondary N) is 1. The number of carboxylic acids is 1. The first kappa shape index (κ1) is 52.2. The van der Waals surface area contributed by atoms with Crippen LogP contribution in [0.15, 0.2) is 100.0 Å². The van der Waals surface area contributed by atoms with E-state index in [2.05, 4.69) is 44.4 Å². The number of phenols is 2. The lowest BCUT2D eigenvalue weighted by molar-refractivity contribution is -0.114. The zero-order valence-corrected chi connectivity index (χ0v) is 37.6. The van der Waals surface area contributed by atoms with Gasteiger partial charge < -0.3 is 25.4 Å². The number of amides is 1. The van der Waals surface area contributed by atoms with E-state index >= 15 is 0 Å². The summed E-state index contributed by atoms with van der Waals surface area (Å²) in [6.45, 7) is 0.427. The quantitative estimate of drug-likeness (QED) is 0.0464. The number of carbonyl (C=O) groups is 2. The third-order valence-electron chi connectivity index (χ3n) is 8.09. The zero-order valence-electron chi connectivity index (χ0n) is 33.6. The van der Waals surface area contributed by atoms with Crippen LogP contribution < -0.4 is 10.1 Å². The maximum absolute atomic E-state index is 12.9. The van der Waals surface area contributed by atoms with Crippen LogP contribution in [0.4, 0.5) is 39.8 Å². The summed E-state index contributed by atoms with van der Waals surface area (Å²) in [4.78, 5) is 22.0. The Kier molecular flexibility index (Phi) is 16.1. The molecule has 4 aromatic rings. The van der Waals surface area contributed by atoms with Gasteiger partial charge in [0.15, 0.2) is 31.1 Å². The highest BCUT2D eigenvalue weighted by Crippen LogP contribution is 2.47. The second-order valence-corrected chi connectivity index (χ2v) is 20.6. The highest BCUT2D eigenvalue weighted by molar-refractivity contribution is 7.92. The minimum absolute atomic E-state index is 0.0158. The second-order valence-electron chi connectivity index (χ2n) is 12.8. The topological polar surface area (TPSA) is 440 Å². The van der Waals surface area contributed by atoms with Crippen LogP contribution in [0.25, 0.3) is 0 Å². The van der Waals surface area contributed by atoms with Gasteiger partial charge in [-0.3, -0.25) is 18.5 Å². The molecular formula is C33H33N7O21S5. The number of methoxy groups -OCH3 is 1. The highest BCUT2D eigenvalue weighted by atomic mass is 32.3. The smallest absolute Gasteiger partial charge is 0.397 e. The molecule has 66 heavy (non-hydrogen) atoms. The molecule has 33 heteroatoms. The summed E-state index contributed by atoms with van der Waals surface area (Å²) in [5.41, 5.74) is -3.68. The number of azo groups is 3. The molecule has 28 nitrogen and oxygen atoms in total. The molecule has 1 amide bonds. The molecule has 0 aliphatic heterocycles. The fourth-order valence-corrected chi connectivity index (χ4v) is 9.21. The molecule has 356 valence electrons. The number of anilines is 1. The van der Waals surface area contributed by atoms with Gasteiger partial charge in [0.05, 0.1) is 58.6 Å². The van der Waals surface area contributed by atoms with Crippen molar-refractivity contribution in [1.82, 2.24) is 0 Å². The maximum atomic E-state index is 12.9. The van der Waals surface area contributed by atoms with Crippen LogP contribution >= 0.6 is 0 Å². The largest absolute Gasteiger partial charge is 0.505 e. The van der Waals surface area contributed by atoms with Crippen LogP contribution in [0.3, 0.4) is 0 Å². The summed E-state index contributed by atoms with van der Waals surface area (Å²) in [5.74, 6) is -6.60. The van der Waals surface area contributed by atoms with Gasteiger partial charge in [0.25, 0.3) is 10.1 Å². The lowest BCUT2D eigenvalue weighted by Gasteiger charge is -2.12. The normalized spacial score (nSPS) is 12.9. The molecule has 0 radical (unpaired) electrons. The van der Waals surface area contributed by atoms with Crippen LogP contribution in [0.2, 0.25) is 0 Å². The first-order valence-corrected chi connectivity index (χ1v) is 24.9. The fraction of sp³-hybridized carbons (Fsp3) is 0.212. The molecule has 0 bridgehead atoms. The molecule has 7 N–H and O–H groups in total. The van der Waals surface area contributed by atoms with E-state index in [-0.39, 0.29) is 39.0 Å². The SMILES string of the molecule is COc1cc(S(=O)(=O)CCOS(=O)(=O)O)c(C)cc1N=Nc1c(C(=O)O)cc(O)c(N=Nc2ccc(N=Nc3ccc(S(=O)(=O)CCOS(=O)(=O)O)cc3S(=O)(=O)O)c(NC(C)=O)c2)c1O. The first-order valence-electron chi connectivity index (χ1n) is 17.4. The summed E-state index contributed by atoms with van der Waals surface area (Å²) in [6.07, 6.45) is 0. The Morgan fingerprint density at radius 3 is 1.77 bits per heavy atom. The number of carboxylic acid groups (broad SMARTS) is 1. The lowest BCUT2D eigenvalue weighted by Crippen LogP contribution is -2.16. The second kappa shape index (κ2) is 20.4. The van der Waals surface area contributed by atoms with E-state index in [1.165, 1.54) is 13.0 Å². The first-order chi connectivity index (χ1) is 30.4. The number of ether oxygens (including phenoxy) is 1. The van der Waals surface area contributed by atoms with E-state index in [4.69, 9.17) is 13.8 Å². The number of aromatic carboxylic acids is 1. The summed E-state index contributed by atoms with van der Waals surface area (Å²) in [5, 5.41) is 56.9. The van der Waals surface area contributed by atoms with Gasteiger partial charge in [-0.25, -0.2) is 30.0 Å². The predicted molar refractivity (Wildman–Crippen MR) is 223 cm³/mol. The van der Waals surface area contributed by atoms with Crippen molar-refractivity contribution >= 4 is 102 Å². The molecular weight excluding hydrogens is 991 g/mol. The van der Waals surface area contributed by atoms with Gasteiger partial charge in [-0.2, -0.15) is 30.4 Å². The number of phenolic OH excluding ortho intramolecular Hbond substituents is 2. The number of aryl methyl sites for hydroxylation is 1. The molecule has 0 aliphatic carbocycles. The van der Waals surface area contributed by atoms with Gasteiger partial charge in [-0.05, 0) is 61.0 Å². The standard InChI is InChI=1S/C33H33N7O21S5/c1-17-12-25(27(59-3)16-28(17)63(48,49)11-9-61-66(56,57)58)38-39-30-21(33(44)45)15-26(42)31(32(30)43)40-35-19-4-6-22(24(13-19)34-18(2)41)36-37-23-7-5-20(14-29(23)64(50,51)52)62(46,47)10-8-60-65(53,54)55/h4-7,12-16,42-43H,8-11H2,1-3H3,(H,34,41)(H,44,45)(H,50,51,52)(H,53,54,55)(H,56,57,58). The monoisotopic (exact) mass is 1020 g/mol. The van der Waals surface area contributed by atoms with Crippen molar-refractivity contribution in [3.05, 3.63) is 65.7 Å². The maximum Gasteiger partial charge on any atom is 0.397 e. The summed E-state index contributed by atoms with van der Waals surface area (Å²) < 4.78 is 159. The van der Waals surface area contributed by atoms with E-state index in [0.717, 1.165) is 50.4 Å². The van der Waals surface area contributed by atoms with Crippen molar-refractivity contribution in [3.8, 4) is 17.2 Å². The van der Waals surface area contributed by atoms with Gasteiger partial charge in [-0.15, -0.1) is 25.6 Å². The molecule has 0 fully saturated rings. The van der Waals surface area contributed by atoms with Crippen LogP contribution in [-0.2, 0) is 63.8 Å². The van der Waals surface area contributed by atoms with Crippen LogP contribution in [0, 0.1) is 6.92 Å². The lowest BCUT2D eigenvalue weighted by atomic mass is 10.1. The molecule has 0 heterocycles. The molecule has 0 atom stereocenters. The van der Waals surface area contributed by atoms with Gasteiger partial charge >= 0.3 is 26.8 Å². The number of hydrogen-bond acceptors (Lipinski definition) is 23. The number of hydrogen-bond donors (Lipinski definition) is 7. The van der Waals surface area contributed by atoms with Crippen LogP contribution in [0.5, 0.6) is 17.2 Å². The Labute approximate surface area is 373 Å². The molecule has 0 saturated carbocycles. The Hall–Kier alpha value is -6.43. The van der Waals surface area contributed by atoms with Crippen molar-refractivity contribution < 1.29 is 93.8 Å². The van der Waals surface area contributed by atoms with Crippen LogP contribution in [0.1, 0.15) is 22.8 Å². The van der Waals surface area contributed by atoms with E-state index in [0.29, 0.717) is 12.1 Å². The van der Waals surface area contributed by atoms with Crippen molar-refractivity contribution in [2.24, 2.45) is 30.7 Å². The molecule has 4 aromatic carbocycles. The Balaban J connectivity index is 1.71. The zero-order chi connectivity index (χ0) is 49.6. The molecule has 0 spiro atoms. The Morgan fingerprint density at radius 1 is 0.652 bits per heavy atom. The molecule has 0 saturated heterocycles. The van der Waals surface area contributed by atoms with Crippen molar-refractivity contribution in [2.45, 2.75) is 28.5 Å². The summed E-state index contributed by atoms with van der Waals surface area (Å²) in [6, 6.07) is 8.38. The van der Waals surface area contributed by atoms with E-state index in [1.807, 2.05) is 0 Å². The fourth-order valence-electron chi connectivity index (χ4n) is 5.21. The third kappa shape index (κ3) is 14.0. The number of rotatable bonds is 20. The molecule has 0 unspecified atom stereocenters. The number of nitrogens with zero attached hydrogens (tertiary/aromatic N) is 6. The number of sulfone groups is 2. The van der Waals surface area contributed by atoms with Gasteiger partial charge in [0, 0.05) is 13.0 Å². The average molecular weight is 1020 g/mol. The van der Waals surface area contributed by atoms with E-state index < -0.39 is 131 Å². The number of aromatic hydroxyl groups is 2. The van der Waals surface area contributed by atoms with Gasteiger partial charge in [0.1, 0.15) is 39.1 Å². The Morgan fingerprint density at radius 2 is 1.21 bits per heavy atom. The highest BCUT2D eigenvalue weighted by Gasteiger charge is 2.26. The van der Waals surface area contributed by atoms with Crippen molar-refractivity contribution in [1.29, 1.82) is 0 Å². The molecule has 4 rings (SSSR count). The summed E-state index contributed by atoms with van der Waals surface area (Å²) in [7, 11) is -22.8. The number of carbonyl (C=O) groups excluding carboxylic acids is 1. The van der Waals surface area contributed by atoms with E-state index in [9.17, 15) is 71.6 Å². The third-order valence-corrected chi connectivity index (χ3v) is 13.4. The van der Waals surface area contributed by atoms with E-state index in [1.54, 1.807) is 0 Å². The van der Waals surface area contributed by atoms with Crippen molar-refractivity contribution in [2.75, 3.05) is 37.1 Å². The Bertz CT molecular complexity index is 3270. The summed E-state index contributed by atoms with van der Waals surface area (Å²) >= 11 is 0. The average Bonchev–Trinajstić information content (AvgIpc) is 3.18. The number of benzene rings is 4. The minimum atomic E-state index is -5.21. The van der Waals surface area contributed by atoms with Gasteiger partial charge in [-0.1, -0.05) is 0 Å². The van der Waals surface area contributed by atoms with Gasteiger partial charge in [0.2, 0.25) is 5.91 Å². The molecule has 0 aromatic heterocycles. The van der Waals surface area contributed by atoms with Crippen LogP contribution in [-0.4, -0.2) is 115 Å². The van der Waals surface area contributed by atoms with Crippen molar-refractivity contribution in [3.63, 3.8) is 0 Å². The minimum Gasteiger partial charge on any atom is -0.505 e. The molecule has 0 aliphatic rings.